The highest BCUT2D eigenvalue weighted by atomic mass is 15.1. The maximum Gasteiger partial charge on any atom is 0.0936 e. The van der Waals surface area contributed by atoms with Crippen molar-refractivity contribution in [3.05, 3.63) is 115 Å². The Morgan fingerprint density at radius 2 is 1.11 bits per heavy atom. The van der Waals surface area contributed by atoms with E-state index in [1.807, 2.05) is 6.07 Å². The Morgan fingerprint density at radius 3 is 1.83 bits per heavy atom. The highest BCUT2D eigenvalue weighted by molar-refractivity contribution is 6.24. The van der Waals surface area contributed by atoms with Crippen molar-refractivity contribution in [3.63, 3.8) is 0 Å². The smallest absolute Gasteiger partial charge is 0.0936 e. The van der Waals surface area contributed by atoms with Gasteiger partial charge >= 0.3 is 0 Å². The van der Waals surface area contributed by atoms with Gasteiger partial charge in [-0.2, -0.15) is 0 Å². The molecule has 0 atom stereocenters. The summed E-state index contributed by atoms with van der Waals surface area (Å²) >= 11 is 0. The third-order valence-electron chi connectivity index (χ3n) is 7.19. The number of hydrogen-bond acceptors (Lipinski definition) is 2. The second-order valence-corrected chi connectivity index (χ2v) is 9.16. The lowest BCUT2D eigenvalue weighted by molar-refractivity contribution is 1.08. The van der Waals surface area contributed by atoms with Gasteiger partial charge in [0.15, 0.2) is 0 Å². The Balaban J connectivity index is 1.41. The van der Waals surface area contributed by atoms with Crippen LogP contribution in [0.5, 0.6) is 0 Å². The minimum absolute atomic E-state index is 0.891. The van der Waals surface area contributed by atoms with E-state index in [1.165, 1.54) is 49.2 Å². The van der Waals surface area contributed by atoms with Gasteiger partial charge in [0, 0.05) is 32.5 Å². The maximum absolute atomic E-state index is 4.64. The van der Waals surface area contributed by atoms with Crippen molar-refractivity contribution < 1.29 is 0 Å². The summed E-state index contributed by atoms with van der Waals surface area (Å²) in [4.78, 5) is 0. The predicted molar refractivity (Wildman–Crippen MR) is 145 cm³/mol. The van der Waals surface area contributed by atoms with E-state index in [0.717, 1.165) is 22.2 Å². The van der Waals surface area contributed by atoms with Crippen LogP contribution in [-0.4, -0.2) is 14.6 Å². The first-order valence-electron chi connectivity index (χ1n) is 11.9. The normalized spacial score (nSPS) is 12.0. The van der Waals surface area contributed by atoms with Crippen molar-refractivity contribution >= 4 is 49.0 Å². The van der Waals surface area contributed by atoms with Crippen molar-refractivity contribution in [3.8, 4) is 22.4 Å². The molecule has 162 valence electrons. The topological polar surface area (TPSA) is 30.2 Å². The van der Waals surface area contributed by atoms with Gasteiger partial charge in [0.25, 0.3) is 0 Å². The fourth-order valence-corrected chi connectivity index (χ4v) is 5.59. The summed E-state index contributed by atoms with van der Waals surface area (Å²) in [5.41, 5.74) is 9.02. The first-order valence-corrected chi connectivity index (χ1v) is 11.9. The molecular formula is C32H19N3. The molecule has 3 aromatic heterocycles. The van der Waals surface area contributed by atoms with Crippen LogP contribution in [0.4, 0.5) is 0 Å². The first-order chi connectivity index (χ1) is 17.3. The fraction of sp³-hybridized carbons (Fsp3) is 0. The van der Waals surface area contributed by atoms with E-state index in [4.69, 9.17) is 0 Å². The third-order valence-corrected chi connectivity index (χ3v) is 7.19. The quantitative estimate of drug-likeness (QED) is 0.269. The number of benzene rings is 5. The number of aromatic nitrogens is 3. The van der Waals surface area contributed by atoms with E-state index < -0.39 is 0 Å². The largest absolute Gasteiger partial charge is 0.308 e. The maximum atomic E-state index is 4.64. The molecule has 0 radical (unpaired) electrons. The molecule has 3 heteroatoms. The van der Waals surface area contributed by atoms with Crippen LogP contribution in [0.1, 0.15) is 0 Å². The lowest BCUT2D eigenvalue weighted by Crippen LogP contribution is -1.90. The van der Waals surface area contributed by atoms with E-state index >= 15 is 0 Å². The summed E-state index contributed by atoms with van der Waals surface area (Å²) in [7, 11) is 0. The number of fused-ring (bicyclic) bond motifs is 7. The fourth-order valence-electron chi connectivity index (χ4n) is 5.59. The lowest BCUT2D eigenvalue weighted by Gasteiger charge is -2.06. The lowest BCUT2D eigenvalue weighted by atomic mass is 10.0. The molecule has 8 aromatic rings. The van der Waals surface area contributed by atoms with E-state index in [9.17, 15) is 0 Å². The Morgan fingerprint density at radius 1 is 0.457 bits per heavy atom. The van der Waals surface area contributed by atoms with Crippen LogP contribution in [-0.2, 0) is 0 Å². The molecule has 0 unspecified atom stereocenters. The zero-order valence-corrected chi connectivity index (χ0v) is 18.8. The SMILES string of the molecule is c1ccc(-c2ccc3nnc(-c4cc5c6ccccc6n6c7ccccc7c(c4)c56)cc3c2)cc1. The molecule has 35 heavy (non-hydrogen) atoms. The molecule has 0 aliphatic rings. The number of para-hydroxylation sites is 2. The van der Waals surface area contributed by atoms with Crippen molar-refractivity contribution in [2.45, 2.75) is 0 Å². The summed E-state index contributed by atoms with van der Waals surface area (Å²) in [5.74, 6) is 0. The van der Waals surface area contributed by atoms with Gasteiger partial charge in [-0.05, 0) is 53.6 Å². The van der Waals surface area contributed by atoms with E-state index in [1.54, 1.807) is 0 Å². The second kappa shape index (κ2) is 6.87. The van der Waals surface area contributed by atoms with Gasteiger partial charge in [0.05, 0.1) is 27.8 Å². The second-order valence-electron chi connectivity index (χ2n) is 9.16. The molecule has 0 amide bonds. The highest BCUT2D eigenvalue weighted by Gasteiger charge is 2.18. The molecule has 0 aliphatic carbocycles. The minimum atomic E-state index is 0.891. The molecule has 0 aliphatic heterocycles. The first kappa shape index (κ1) is 18.6. The Bertz CT molecular complexity index is 1970. The monoisotopic (exact) mass is 445 g/mol. The average molecular weight is 446 g/mol. The molecule has 0 saturated heterocycles. The zero-order valence-electron chi connectivity index (χ0n) is 18.8. The molecule has 8 rings (SSSR count). The Labute approximate surface area is 201 Å². The highest BCUT2D eigenvalue weighted by Crippen LogP contribution is 2.41. The molecule has 3 heterocycles. The molecule has 5 aromatic carbocycles. The van der Waals surface area contributed by atoms with Gasteiger partial charge in [-0.3, -0.25) is 0 Å². The van der Waals surface area contributed by atoms with Crippen molar-refractivity contribution in [1.82, 2.24) is 14.6 Å². The van der Waals surface area contributed by atoms with Gasteiger partial charge in [-0.15, -0.1) is 10.2 Å². The summed E-state index contributed by atoms with van der Waals surface area (Å²) in [6, 6.07) is 40.9. The molecule has 0 bridgehead atoms. The van der Waals surface area contributed by atoms with E-state index in [2.05, 4.69) is 124 Å². The Hall–Kier alpha value is -4.76. The predicted octanol–water partition coefficient (Wildman–Crippen LogP) is 8.11. The van der Waals surface area contributed by atoms with Crippen molar-refractivity contribution in [1.29, 1.82) is 0 Å². The Kier molecular flexibility index (Phi) is 3.66. The third kappa shape index (κ3) is 2.61. The van der Waals surface area contributed by atoms with Gasteiger partial charge in [-0.25, -0.2) is 0 Å². The van der Waals surface area contributed by atoms with Crippen LogP contribution < -0.4 is 0 Å². The van der Waals surface area contributed by atoms with Crippen molar-refractivity contribution in [2.24, 2.45) is 0 Å². The molecule has 0 spiro atoms. The van der Waals surface area contributed by atoms with Gasteiger partial charge in [-0.1, -0.05) is 72.8 Å². The van der Waals surface area contributed by atoms with Crippen LogP contribution in [0.15, 0.2) is 115 Å². The molecule has 3 nitrogen and oxygen atoms in total. The van der Waals surface area contributed by atoms with Gasteiger partial charge < -0.3 is 4.40 Å². The van der Waals surface area contributed by atoms with Crippen LogP contribution in [0.25, 0.3) is 71.4 Å². The number of hydrogen-bond donors (Lipinski definition) is 0. The van der Waals surface area contributed by atoms with Crippen LogP contribution in [0, 0.1) is 0 Å². The van der Waals surface area contributed by atoms with Gasteiger partial charge in [0.2, 0.25) is 0 Å². The summed E-state index contributed by atoms with van der Waals surface area (Å²) < 4.78 is 2.40. The summed E-state index contributed by atoms with van der Waals surface area (Å²) in [6.07, 6.45) is 0. The van der Waals surface area contributed by atoms with E-state index in [0.29, 0.717) is 0 Å². The molecule has 0 fully saturated rings. The van der Waals surface area contributed by atoms with Crippen LogP contribution >= 0.6 is 0 Å². The molecule has 0 saturated carbocycles. The summed E-state index contributed by atoms with van der Waals surface area (Å²) in [6.45, 7) is 0. The van der Waals surface area contributed by atoms with Crippen LogP contribution in [0.3, 0.4) is 0 Å². The summed E-state index contributed by atoms with van der Waals surface area (Å²) in [5, 5.41) is 15.4. The van der Waals surface area contributed by atoms with Crippen LogP contribution in [0.2, 0.25) is 0 Å². The van der Waals surface area contributed by atoms with Gasteiger partial charge in [0.1, 0.15) is 0 Å². The minimum Gasteiger partial charge on any atom is -0.308 e. The zero-order chi connectivity index (χ0) is 22.9. The number of rotatable bonds is 2. The molecular weight excluding hydrogens is 426 g/mol. The molecule has 0 N–H and O–H groups in total. The number of nitrogens with zero attached hydrogens (tertiary/aromatic N) is 3. The van der Waals surface area contributed by atoms with Crippen molar-refractivity contribution in [2.75, 3.05) is 0 Å². The average Bonchev–Trinajstić information content (AvgIpc) is 3.44. The standard InChI is InChI=1S/C32H19N3/c1-2-8-20(9-3-1)21-14-15-28-22(16-21)19-29(34-33-28)23-17-26-24-10-4-6-12-30(24)35-31-13-7-5-11-25(31)27(18-23)32(26)35/h1-19H. The van der Waals surface area contributed by atoms with E-state index in [-0.39, 0.29) is 0 Å².